The summed E-state index contributed by atoms with van der Waals surface area (Å²) in [5.41, 5.74) is 0. The summed E-state index contributed by atoms with van der Waals surface area (Å²) in [4.78, 5) is 22.0. The molecule has 0 saturated heterocycles. The maximum atomic E-state index is 11.3. The number of Topliss-reactive ketones (excluding diaryl/α,β-unsaturated/α-hetero) is 1. The number of carboxylic acid groups (broad SMARTS) is 1. The Morgan fingerprint density at radius 3 is 1.58 bits per heavy atom. The minimum Gasteiger partial charge on any atom is -0.481 e. The van der Waals surface area contributed by atoms with Crippen LogP contribution in [0.2, 0.25) is 0 Å². The predicted octanol–water partition coefficient (Wildman–Crippen LogP) is 1.57. The number of carbonyl (C=O) groups is 2. The molecule has 12 heavy (non-hydrogen) atoms. The number of hydrogen-bond donors (Lipinski definition) is 1. The van der Waals surface area contributed by atoms with Gasteiger partial charge in [0, 0.05) is 5.92 Å². The number of carboxylic acids is 1. The van der Waals surface area contributed by atoms with E-state index < -0.39 is 11.9 Å². The number of ketones is 1. The fraction of sp³-hybridized carbons (Fsp3) is 0.778. The summed E-state index contributed by atoms with van der Waals surface area (Å²) >= 11 is 0. The van der Waals surface area contributed by atoms with Crippen LogP contribution in [0.15, 0.2) is 0 Å². The van der Waals surface area contributed by atoms with Gasteiger partial charge < -0.3 is 5.11 Å². The Morgan fingerprint density at radius 2 is 1.50 bits per heavy atom. The fourth-order valence-electron chi connectivity index (χ4n) is 1.09. The second-order valence-electron chi connectivity index (χ2n) is 3.62. The van der Waals surface area contributed by atoms with E-state index in [1.165, 1.54) is 0 Å². The zero-order valence-electron chi connectivity index (χ0n) is 8.00. The molecule has 1 unspecified atom stereocenters. The van der Waals surface area contributed by atoms with Gasteiger partial charge in [-0.15, -0.1) is 0 Å². The van der Waals surface area contributed by atoms with Crippen molar-refractivity contribution < 1.29 is 14.7 Å². The normalized spacial score (nSPS) is 13.5. The lowest BCUT2D eigenvalue weighted by Crippen LogP contribution is -2.31. The van der Waals surface area contributed by atoms with Crippen LogP contribution in [0.25, 0.3) is 0 Å². The van der Waals surface area contributed by atoms with Crippen molar-refractivity contribution >= 4 is 11.8 Å². The molecule has 0 bridgehead atoms. The van der Waals surface area contributed by atoms with Crippen LogP contribution < -0.4 is 0 Å². The van der Waals surface area contributed by atoms with Gasteiger partial charge in [0.25, 0.3) is 0 Å². The van der Waals surface area contributed by atoms with Gasteiger partial charge in [0.1, 0.15) is 11.7 Å². The van der Waals surface area contributed by atoms with E-state index in [0.29, 0.717) is 0 Å². The predicted molar refractivity (Wildman–Crippen MR) is 45.8 cm³/mol. The van der Waals surface area contributed by atoms with Crippen molar-refractivity contribution in [1.29, 1.82) is 0 Å². The Hall–Kier alpha value is -0.860. The monoisotopic (exact) mass is 172 g/mol. The summed E-state index contributed by atoms with van der Waals surface area (Å²) in [7, 11) is 0. The second kappa shape index (κ2) is 4.24. The Kier molecular flexibility index (Phi) is 3.93. The average molecular weight is 172 g/mol. The van der Waals surface area contributed by atoms with Crippen molar-refractivity contribution in [3.8, 4) is 0 Å². The first-order valence-corrected chi connectivity index (χ1v) is 4.14. The van der Waals surface area contributed by atoms with E-state index in [1.54, 1.807) is 27.7 Å². The van der Waals surface area contributed by atoms with Crippen molar-refractivity contribution in [3.63, 3.8) is 0 Å². The largest absolute Gasteiger partial charge is 0.481 e. The highest BCUT2D eigenvalue weighted by molar-refractivity contribution is 5.99. The van der Waals surface area contributed by atoms with E-state index in [2.05, 4.69) is 0 Å². The van der Waals surface area contributed by atoms with Crippen molar-refractivity contribution in [2.24, 2.45) is 17.8 Å². The molecule has 1 N–H and O–H groups in total. The topological polar surface area (TPSA) is 54.4 Å². The number of carbonyl (C=O) groups excluding carboxylic acids is 1. The van der Waals surface area contributed by atoms with E-state index in [0.717, 1.165) is 0 Å². The molecule has 0 fully saturated rings. The van der Waals surface area contributed by atoms with Gasteiger partial charge in [-0.05, 0) is 5.92 Å². The molecule has 1 atom stereocenters. The molecule has 3 heteroatoms. The highest BCUT2D eigenvalue weighted by Gasteiger charge is 2.30. The molecular weight excluding hydrogens is 156 g/mol. The lowest BCUT2D eigenvalue weighted by Gasteiger charge is -2.16. The van der Waals surface area contributed by atoms with Gasteiger partial charge in [0.05, 0.1) is 0 Å². The standard InChI is InChI=1S/C9H16O3/c1-5(2)7(9(11)12)8(10)6(3)4/h5-7H,1-4H3,(H,11,12). The van der Waals surface area contributed by atoms with E-state index in [1.807, 2.05) is 0 Å². The van der Waals surface area contributed by atoms with Crippen molar-refractivity contribution in [2.75, 3.05) is 0 Å². The first kappa shape index (κ1) is 11.1. The van der Waals surface area contributed by atoms with Gasteiger partial charge in [-0.25, -0.2) is 0 Å². The molecule has 0 amide bonds. The molecule has 70 valence electrons. The highest BCUT2D eigenvalue weighted by Crippen LogP contribution is 2.16. The van der Waals surface area contributed by atoms with Crippen molar-refractivity contribution in [1.82, 2.24) is 0 Å². The number of aliphatic carboxylic acids is 1. The van der Waals surface area contributed by atoms with Crippen LogP contribution in [0.5, 0.6) is 0 Å². The van der Waals surface area contributed by atoms with Gasteiger partial charge in [-0.2, -0.15) is 0 Å². The quantitative estimate of drug-likeness (QED) is 0.655. The van der Waals surface area contributed by atoms with Crippen LogP contribution in [0.4, 0.5) is 0 Å². The van der Waals surface area contributed by atoms with Crippen LogP contribution in [-0.4, -0.2) is 16.9 Å². The molecule has 0 aliphatic heterocycles. The summed E-state index contributed by atoms with van der Waals surface area (Å²) in [6.45, 7) is 6.94. The summed E-state index contributed by atoms with van der Waals surface area (Å²) in [6, 6.07) is 0. The number of hydrogen-bond acceptors (Lipinski definition) is 2. The van der Waals surface area contributed by atoms with Gasteiger partial charge in [0.2, 0.25) is 0 Å². The zero-order valence-corrected chi connectivity index (χ0v) is 8.00. The van der Waals surface area contributed by atoms with Gasteiger partial charge in [-0.1, -0.05) is 27.7 Å². The minimum absolute atomic E-state index is 0.127. The van der Waals surface area contributed by atoms with Crippen molar-refractivity contribution in [2.45, 2.75) is 27.7 Å². The maximum Gasteiger partial charge on any atom is 0.314 e. The minimum atomic E-state index is -1.01. The Morgan fingerprint density at radius 1 is 1.08 bits per heavy atom. The second-order valence-corrected chi connectivity index (χ2v) is 3.62. The molecule has 0 aromatic heterocycles. The fourth-order valence-corrected chi connectivity index (χ4v) is 1.09. The summed E-state index contributed by atoms with van der Waals surface area (Å²) in [5, 5.41) is 8.74. The smallest absolute Gasteiger partial charge is 0.314 e. The molecule has 0 aromatic rings. The van der Waals surface area contributed by atoms with Gasteiger partial charge in [-0.3, -0.25) is 9.59 Å². The molecule has 0 aromatic carbocycles. The molecule has 0 heterocycles. The molecule has 0 spiro atoms. The lowest BCUT2D eigenvalue weighted by molar-refractivity contribution is -0.149. The van der Waals surface area contributed by atoms with Crippen LogP contribution in [0.3, 0.4) is 0 Å². The summed E-state index contributed by atoms with van der Waals surface area (Å²) < 4.78 is 0. The van der Waals surface area contributed by atoms with Gasteiger partial charge >= 0.3 is 5.97 Å². The zero-order chi connectivity index (χ0) is 9.89. The van der Waals surface area contributed by atoms with Crippen LogP contribution in [-0.2, 0) is 9.59 Å². The van der Waals surface area contributed by atoms with E-state index in [9.17, 15) is 9.59 Å². The Labute approximate surface area is 72.8 Å². The Bertz CT molecular complexity index is 182. The molecule has 3 nitrogen and oxygen atoms in total. The molecular formula is C9H16O3. The van der Waals surface area contributed by atoms with Gasteiger partial charge in [0.15, 0.2) is 0 Å². The third-order valence-electron chi connectivity index (χ3n) is 1.81. The number of rotatable bonds is 4. The average Bonchev–Trinajstić information content (AvgIpc) is 1.85. The van der Waals surface area contributed by atoms with Crippen LogP contribution >= 0.6 is 0 Å². The van der Waals surface area contributed by atoms with E-state index in [4.69, 9.17) is 5.11 Å². The first-order valence-electron chi connectivity index (χ1n) is 4.14. The van der Waals surface area contributed by atoms with E-state index >= 15 is 0 Å². The van der Waals surface area contributed by atoms with Crippen LogP contribution in [0, 0.1) is 17.8 Å². The molecule has 0 rings (SSSR count). The highest BCUT2D eigenvalue weighted by atomic mass is 16.4. The molecule has 0 radical (unpaired) electrons. The maximum absolute atomic E-state index is 11.3. The molecule has 0 saturated carbocycles. The summed E-state index contributed by atoms with van der Waals surface area (Å²) in [5.74, 6) is -2.36. The molecule has 0 aliphatic rings. The van der Waals surface area contributed by atoms with Crippen molar-refractivity contribution in [3.05, 3.63) is 0 Å². The molecule has 0 aliphatic carbocycles. The third kappa shape index (κ3) is 2.64. The first-order chi connectivity index (χ1) is 5.37. The van der Waals surface area contributed by atoms with Crippen LogP contribution in [0.1, 0.15) is 27.7 Å². The third-order valence-corrected chi connectivity index (χ3v) is 1.81. The van der Waals surface area contributed by atoms with E-state index in [-0.39, 0.29) is 17.6 Å². The summed E-state index contributed by atoms with van der Waals surface area (Å²) in [6.07, 6.45) is 0. The lowest BCUT2D eigenvalue weighted by atomic mass is 9.86. The SMILES string of the molecule is CC(C)C(=O)C(C(=O)O)C(C)C. The Balaban J connectivity index is 4.52.